The van der Waals surface area contributed by atoms with E-state index in [0.717, 1.165) is 37.7 Å². The molecule has 3 rings (SSSR count). The average Bonchev–Trinajstić information content (AvgIpc) is 3.28. The third kappa shape index (κ3) is 4.02. The Hall–Kier alpha value is -2.05. The first-order chi connectivity index (χ1) is 12.6. The monoisotopic (exact) mass is 377 g/mol. The Morgan fingerprint density at radius 1 is 1.31 bits per heavy atom. The third-order valence-electron chi connectivity index (χ3n) is 4.50. The predicted octanol–water partition coefficient (Wildman–Crippen LogP) is 4.42. The van der Waals surface area contributed by atoms with E-state index >= 15 is 0 Å². The van der Waals surface area contributed by atoms with Gasteiger partial charge in [0.25, 0.3) is 5.89 Å². The molecule has 0 amide bonds. The van der Waals surface area contributed by atoms with Crippen LogP contribution >= 0.6 is 11.6 Å². The largest absolute Gasteiger partial charge is 0.493 e. The number of benzene rings is 1. The molecule has 6 nitrogen and oxygen atoms in total. The van der Waals surface area contributed by atoms with Crippen molar-refractivity contribution in [2.45, 2.75) is 44.6 Å². The molecule has 1 aromatic heterocycles. The van der Waals surface area contributed by atoms with E-state index in [-0.39, 0.29) is 0 Å². The van der Waals surface area contributed by atoms with E-state index in [0.29, 0.717) is 34.8 Å². The van der Waals surface area contributed by atoms with Crippen molar-refractivity contribution in [3.05, 3.63) is 34.4 Å². The van der Waals surface area contributed by atoms with E-state index in [9.17, 15) is 0 Å². The molecule has 1 fully saturated rings. The van der Waals surface area contributed by atoms with Crippen LogP contribution < -0.4 is 15.2 Å². The Morgan fingerprint density at radius 2 is 2.08 bits per heavy atom. The maximum Gasteiger partial charge on any atom is 0.250 e. The first-order valence-electron chi connectivity index (χ1n) is 8.87. The van der Waals surface area contributed by atoms with Gasteiger partial charge in [0.2, 0.25) is 0 Å². The van der Waals surface area contributed by atoms with Crippen molar-refractivity contribution < 1.29 is 14.0 Å². The fraction of sp³-hybridized carbons (Fsp3) is 0.474. The van der Waals surface area contributed by atoms with E-state index in [4.69, 9.17) is 31.3 Å². The fourth-order valence-electron chi connectivity index (χ4n) is 3.08. The van der Waals surface area contributed by atoms with Crippen LogP contribution in [0.15, 0.2) is 16.7 Å². The minimum absolute atomic E-state index is 0.415. The first kappa shape index (κ1) is 18.7. The standard InChI is InChI=1S/C19H24ClN3O3/c1-3-10-25-17-14(20)11-13(12-15(17)24-2)6-7-16-22-18(23-26-16)19(21)8-4-5-9-19/h6-7,11-12H,3-5,8-10,21H2,1-2H3/b7-6+. The summed E-state index contributed by atoms with van der Waals surface area (Å²) in [6.45, 7) is 2.62. The number of methoxy groups -OCH3 is 1. The van der Waals surface area contributed by atoms with Crippen molar-refractivity contribution >= 4 is 23.8 Å². The molecule has 2 aromatic rings. The Kier molecular flexibility index (Phi) is 5.84. The molecule has 0 unspecified atom stereocenters. The smallest absolute Gasteiger partial charge is 0.250 e. The molecule has 0 radical (unpaired) electrons. The number of nitrogens with zero attached hydrogens (tertiary/aromatic N) is 2. The second-order valence-corrected chi connectivity index (χ2v) is 6.94. The fourth-order valence-corrected chi connectivity index (χ4v) is 3.36. The molecule has 7 heteroatoms. The topological polar surface area (TPSA) is 83.4 Å². The molecule has 1 heterocycles. The first-order valence-corrected chi connectivity index (χ1v) is 9.25. The third-order valence-corrected chi connectivity index (χ3v) is 4.78. The zero-order chi connectivity index (χ0) is 18.6. The Balaban J connectivity index is 1.78. The van der Waals surface area contributed by atoms with E-state index < -0.39 is 5.54 Å². The Labute approximate surface area is 158 Å². The summed E-state index contributed by atoms with van der Waals surface area (Å²) in [6.07, 6.45) is 8.45. The maximum absolute atomic E-state index is 6.36. The van der Waals surface area contributed by atoms with Crippen molar-refractivity contribution in [1.29, 1.82) is 0 Å². The molecule has 0 spiro atoms. The van der Waals surface area contributed by atoms with Crippen molar-refractivity contribution in [2.24, 2.45) is 5.73 Å². The highest BCUT2D eigenvalue weighted by atomic mass is 35.5. The lowest BCUT2D eigenvalue weighted by atomic mass is 9.99. The zero-order valence-corrected chi connectivity index (χ0v) is 15.9. The lowest BCUT2D eigenvalue weighted by Gasteiger charge is -2.17. The van der Waals surface area contributed by atoms with Gasteiger partial charge < -0.3 is 19.7 Å². The lowest BCUT2D eigenvalue weighted by molar-refractivity contribution is 0.294. The quantitative estimate of drug-likeness (QED) is 0.768. The normalized spacial score (nSPS) is 16.3. The second-order valence-electron chi connectivity index (χ2n) is 6.54. The van der Waals surface area contributed by atoms with Crippen LogP contribution in [0.4, 0.5) is 0 Å². The average molecular weight is 378 g/mol. The molecule has 1 saturated carbocycles. The molecule has 2 N–H and O–H groups in total. The minimum Gasteiger partial charge on any atom is -0.493 e. The van der Waals surface area contributed by atoms with Gasteiger partial charge in [0.05, 0.1) is 24.3 Å². The van der Waals surface area contributed by atoms with Gasteiger partial charge in [-0.15, -0.1) is 0 Å². The van der Waals surface area contributed by atoms with Gasteiger partial charge in [-0.3, -0.25) is 0 Å². The summed E-state index contributed by atoms with van der Waals surface area (Å²) in [5.74, 6) is 2.13. The van der Waals surface area contributed by atoms with Gasteiger partial charge in [-0.2, -0.15) is 4.98 Å². The van der Waals surface area contributed by atoms with Gasteiger partial charge in [0.15, 0.2) is 17.3 Å². The summed E-state index contributed by atoms with van der Waals surface area (Å²) < 4.78 is 16.4. The highest BCUT2D eigenvalue weighted by Crippen LogP contribution is 2.37. The highest BCUT2D eigenvalue weighted by Gasteiger charge is 2.35. The highest BCUT2D eigenvalue weighted by molar-refractivity contribution is 6.32. The van der Waals surface area contributed by atoms with Crippen LogP contribution in [0.2, 0.25) is 5.02 Å². The van der Waals surface area contributed by atoms with Crippen LogP contribution in [0, 0.1) is 0 Å². The lowest BCUT2D eigenvalue weighted by Crippen LogP contribution is -2.34. The van der Waals surface area contributed by atoms with Gasteiger partial charge in [0.1, 0.15) is 0 Å². The molecule has 0 saturated heterocycles. The Bertz CT molecular complexity index is 782. The summed E-state index contributed by atoms with van der Waals surface area (Å²) in [4.78, 5) is 4.42. The number of halogens is 1. The molecule has 0 atom stereocenters. The number of ether oxygens (including phenoxy) is 2. The van der Waals surface area contributed by atoms with Crippen LogP contribution in [-0.4, -0.2) is 23.9 Å². The second kappa shape index (κ2) is 8.10. The molecule has 1 aliphatic rings. The number of aromatic nitrogens is 2. The van der Waals surface area contributed by atoms with Gasteiger partial charge in [-0.05, 0) is 43.0 Å². The van der Waals surface area contributed by atoms with Crippen molar-refractivity contribution in [3.8, 4) is 11.5 Å². The van der Waals surface area contributed by atoms with E-state index in [1.165, 1.54) is 0 Å². The molecule has 0 bridgehead atoms. The van der Waals surface area contributed by atoms with Crippen LogP contribution in [0.1, 0.15) is 56.3 Å². The summed E-state index contributed by atoms with van der Waals surface area (Å²) in [7, 11) is 1.59. The van der Waals surface area contributed by atoms with Gasteiger partial charge in [-0.1, -0.05) is 36.5 Å². The zero-order valence-electron chi connectivity index (χ0n) is 15.1. The summed E-state index contributed by atoms with van der Waals surface area (Å²) in [5, 5.41) is 4.54. The maximum atomic E-state index is 6.36. The molecule has 140 valence electrons. The molecular formula is C19H24ClN3O3. The number of hydrogen-bond acceptors (Lipinski definition) is 6. The van der Waals surface area contributed by atoms with Crippen molar-refractivity contribution in [1.82, 2.24) is 10.1 Å². The van der Waals surface area contributed by atoms with E-state index in [1.807, 2.05) is 25.1 Å². The number of hydrogen-bond donors (Lipinski definition) is 1. The van der Waals surface area contributed by atoms with Crippen LogP contribution in [0.3, 0.4) is 0 Å². The van der Waals surface area contributed by atoms with Crippen molar-refractivity contribution in [3.63, 3.8) is 0 Å². The molecule has 1 aliphatic carbocycles. The molecule has 1 aromatic carbocycles. The summed E-state index contributed by atoms with van der Waals surface area (Å²) in [6, 6.07) is 3.66. The van der Waals surface area contributed by atoms with E-state index in [1.54, 1.807) is 13.2 Å². The van der Waals surface area contributed by atoms with Crippen molar-refractivity contribution in [2.75, 3.05) is 13.7 Å². The summed E-state index contributed by atoms with van der Waals surface area (Å²) in [5.41, 5.74) is 6.75. The predicted molar refractivity (Wildman–Crippen MR) is 101 cm³/mol. The molecular weight excluding hydrogens is 354 g/mol. The van der Waals surface area contributed by atoms with E-state index in [2.05, 4.69) is 10.1 Å². The van der Waals surface area contributed by atoms with Crippen LogP contribution in [-0.2, 0) is 5.54 Å². The van der Waals surface area contributed by atoms with Gasteiger partial charge in [-0.25, -0.2) is 0 Å². The number of nitrogens with two attached hydrogens (primary N) is 1. The number of rotatable bonds is 7. The molecule has 0 aliphatic heterocycles. The Morgan fingerprint density at radius 3 is 2.77 bits per heavy atom. The summed E-state index contributed by atoms with van der Waals surface area (Å²) >= 11 is 6.33. The van der Waals surface area contributed by atoms with Crippen LogP contribution in [0.25, 0.3) is 12.2 Å². The molecule has 26 heavy (non-hydrogen) atoms. The van der Waals surface area contributed by atoms with Gasteiger partial charge in [0, 0.05) is 6.08 Å². The van der Waals surface area contributed by atoms with Crippen LogP contribution in [0.5, 0.6) is 11.5 Å². The van der Waals surface area contributed by atoms with Gasteiger partial charge >= 0.3 is 0 Å². The SMILES string of the molecule is CCCOc1c(Cl)cc(/C=C/c2nc(C3(N)CCCC3)no2)cc1OC. The minimum atomic E-state index is -0.458.